The first-order valence-electron chi connectivity index (χ1n) is 12.5. The smallest absolute Gasteiger partial charge is 0.164 e. The van der Waals surface area contributed by atoms with E-state index >= 15 is 0 Å². The van der Waals surface area contributed by atoms with Gasteiger partial charge in [-0.25, -0.2) is 15.0 Å². The number of fused-ring (bicyclic) bond motifs is 6. The van der Waals surface area contributed by atoms with E-state index in [4.69, 9.17) is 31.0 Å². The standard InChI is InChI=1S/C33H18ClN3OS/c34-22-12-15-29-26(18-22)24-13-10-21(17-30(24)39-29)33-36-31(19-6-2-1-3-7-19)35-32(37-33)20-11-14-28-25(16-20)23-8-4-5-9-27(23)38-28/h1-18H. The minimum atomic E-state index is 0.620. The number of aromatic nitrogens is 3. The maximum Gasteiger partial charge on any atom is 0.164 e. The summed E-state index contributed by atoms with van der Waals surface area (Å²) in [5.74, 6) is 1.89. The Balaban J connectivity index is 1.33. The SMILES string of the molecule is Clc1ccc2sc3cc(-c4nc(-c5ccccc5)nc(-c5ccc6oc7ccccc7c6c5)n4)ccc3c2c1. The Labute approximate surface area is 232 Å². The van der Waals surface area contributed by atoms with Crippen LogP contribution in [0.4, 0.5) is 0 Å². The third kappa shape index (κ3) is 3.78. The van der Waals surface area contributed by atoms with Crippen molar-refractivity contribution in [1.82, 2.24) is 15.0 Å². The van der Waals surface area contributed by atoms with E-state index < -0.39 is 0 Å². The van der Waals surface area contributed by atoms with Gasteiger partial charge >= 0.3 is 0 Å². The molecular weight excluding hydrogens is 522 g/mol. The van der Waals surface area contributed by atoms with Gasteiger partial charge in [-0.15, -0.1) is 11.3 Å². The van der Waals surface area contributed by atoms with Gasteiger partial charge in [0, 0.05) is 52.7 Å². The van der Waals surface area contributed by atoms with E-state index in [-0.39, 0.29) is 0 Å². The van der Waals surface area contributed by atoms with Gasteiger partial charge in [-0.2, -0.15) is 0 Å². The van der Waals surface area contributed by atoms with Crippen molar-refractivity contribution in [2.75, 3.05) is 0 Å². The molecule has 0 bridgehead atoms. The van der Waals surface area contributed by atoms with Crippen LogP contribution >= 0.6 is 22.9 Å². The second kappa shape index (κ2) is 8.73. The quantitative estimate of drug-likeness (QED) is 0.224. The molecule has 0 aliphatic carbocycles. The number of hydrogen-bond donors (Lipinski definition) is 0. The molecule has 39 heavy (non-hydrogen) atoms. The maximum atomic E-state index is 6.29. The predicted octanol–water partition coefficient (Wildman–Crippen LogP) is 9.79. The Morgan fingerprint density at radius 2 is 1.18 bits per heavy atom. The minimum Gasteiger partial charge on any atom is -0.456 e. The predicted molar refractivity (Wildman–Crippen MR) is 161 cm³/mol. The molecule has 0 amide bonds. The van der Waals surface area contributed by atoms with Gasteiger partial charge < -0.3 is 4.42 Å². The summed E-state index contributed by atoms with van der Waals surface area (Å²) in [6, 6.07) is 36.6. The van der Waals surface area contributed by atoms with Crippen molar-refractivity contribution in [2.45, 2.75) is 0 Å². The molecule has 0 fully saturated rings. The zero-order valence-corrected chi connectivity index (χ0v) is 22.0. The van der Waals surface area contributed by atoms with Gasteiger partial charge in [-0.05, 0) is 48.5 Å². The first kappa shape index (κ1) is 22.4. The fraction of sp³-hybridized carbons (Fsp3) is 0. The lowest BCUT2D eigenvalue weighted by atomic mass is 10.1. The Morgan fingerprint density at radius 3 is 2.03 bits per heavy atom. The summed E-state index contributed by atoms with van der Waals surface area (Å²) in [4.78, 5) is 14.8. The van der Waals surface area contributed by atoms with Crippen LogP contribution in [0.1, 0.15) is 0 Å². The topological polar surface area (TPSA) is 51.8 Å². The average Bonchev–Trinajstić information content (AvgIpc) is 3.54. The zero-order chi connectivity index (χ0) is 25.9. The molecule has 0 saturated carbocycles. The molecule has 184 valence electrons. The molecule has 0 aliphatic heterocycles. The van der Waals surface area contributed by atoms with Gasteiger partial charge in [-0.3, -0.25) is 0 Å². The van der Waals surface area contributed by atoms with E-state index in [1.807, 2.05) is 72.8 Å². The third-order valence-corrected chi connectivity index (χ3v) is 8.36. The number of para-hydroxylation sites is 1. The van der Waals surface area contributed by atoms with Crippen LogP contribution < -0.4 is 0 Å². The van der Waals surface area contributed by atoms with Gasteiger partial charge in [-0.1, -0.05) is 72.3 Å². The van der Waals surface area contributed by atoms with Crippen LogP contribution in [0.2, 0.25) is 5.02 Å². The molecule has 5 aromatic carbocycles. The van der Waals surface area contributed by atoms with Gasteiger partial charge in [0.05, 0.1) is 0 Å². The second-order valence-corrected chi connectivity index (χ2v) is 11.0. The first-order valence-corrected chi connectivity index (χ1v) is 13.7. The lowest BCUT2D eigenvalue weighted by Gasteiger charge is -2.08. The highest BCUT2D eigenvalue weighted by molar-refractivity contribution is 7.25. The second-order valence-electron chi connectivity index (χ2n) is 9.43. The molecular formula is C33H18ClN3OS. The van der Waals surface area contributed by atoms with Crippen LogP contribution in [0.25, 0.3) is 76.3 Å². The fourth-order valence-electron chi connectivity index (χ4n) is 5.10. The molecule has 8 aromatic rings. The van der Waals surface area contributed by atoms with E-state index in [2.05, 4.69) is 36.4 Å². The van der Waals surface area contributed by atoms with Crippen LogP contribution in [0.3, 0.4) is 0 Å². The molecule has 8 rings (SSSR count). The molecule has 4 nitrogen and oxygen atoms in total. The van der Waals surface area contributed by atoms with E-state index in [1.165, 1.54) is 14.8 Å². The van der Waals surface area contributed by atoms with Gasteiger partial charge in [0.1, 0.15) is 11.2 Å². The third-order valence-electron chi connectivity index (χ3n) is 6.99. The zero-order valence-electron chi connectivity index (χ0n) is 20.4. The molecule has 0 atom stereocenters. The highest BCUT2D eigenvalue weighted by atomic mass is 35.5. The van der Waals surface area contributed by atoms with Crippen LogP contribution in [0.5, 0.6) is 0 Å². The summed E-state index contributed by atoms with van der Waals surface area (Å²) in [7, 11) is 0. The van der Waals surface area contributed by atoms with E-state index in [9.17, 15) is 0 Å². The largest absolute Gasteiger partial charge is 0.456 e. The summed E-state index contributed by atoms with van der Waals surface area (Å²) < 4.78 is 8.41. The molecule has 0 spiro atoms. The van der Waals surface area contributed by atoms with Crippen LogP contribution in [0.15, 0.2) is 114 Å². The molecule has 0 saturated heterocycles. The monoisotopic (exact) mass is 539 g/mol. The number of benzene rings is 5. The van der Waals surface area contributed by atoms with Crippen molar-refractivity contribution in [3.63, 3.8) is 0 Å². The molecule has 3 aromatic heterocycles. The molecule has 0 N–H and O–H groups in total. The lowest BCUT2D eigenvalue weighted by Crippen LogP contribution is -2.00. The number of halogens is 1. The van der Waals surface area contributed by atoms with Crippen molar-refractivity contribution in [3.8, 4) is 34.2 Å². The fourth-order valence-corrected chi connectivity index (χ4v) is 6.40. The first-order chi connectivity index (χ1) is 19.2. The normalized spacial score (nSPS) is 11.7. The van der Waals surface area contributed by atoms with Crippen LogP contribution in [-0.4, -0.2) is 15.0 Å². The number of rotatable bonds is 3. The average molecular weight is 540 g/mol. The maximum absolute atomic E-state index is 6.29. The van der Waals surface area contributed by atoms with E-state index in [1.54, 1.807) is 11.3 Å². The van der Waals surface area contributed by atoms with Crippen molar-refractivity contribution in [1.29, 1.82) is 0 Å². The Morgan fingerprint density at radius 1 is 0.487 bits per heavy atom. The number of thiophene rings is 1. The van der Waals surface area contributed by atoms with Crippen molar-refractivity contribution in [3.05, 3.63) is 114 Å². The highest BCUT2D eigenvalue weighted by Gasteiger charge is 2.15. The summed E-state index contributed by atoms with van der Waals surface area (Å²) in [5.41, 5.74) is 4.50. The minimum absolute atomic E-state index is 0.620. The van der Waals surface area contributed by atoms with Crippen molar-refractivity contribution < 1.29 is 4.42 Å². The molecule has 3 heterocycles. The molecule has 0 radical (unpaired) electrons. The van der Waals surface area contributed by atoms with E-state index in [0.717, 1.165) is 49.0 Å². The summed E-state index contributed by atoms with van der Waals surface area (Å²) >= 11 is 8.03. The number of furan rings is 1. The van der Waals surface area contributed by atoms with Gasteiger partial charge in [0.15, 0.2) is 17.5 Å². The highest BCUT2D eigenvalue weighted by Crippen LogP contribution is 2.38. The Bertz CT molecular complexity index is 2200. The van der Waals surface area contributed by atoms with Crippen molar-refractivity contribution in [2.24, 2.45) is 0 Å². The molecule has 0 aliphatic rings. The number of hydrogen-bond acceptors (Lipinski definition) is 5. The molecule has 0 unspecified atom stereocenters. The molecule has 6 heteroatoms. The van der Waals surface area contributed by atoms with Crippen molar-refractivity contribution >= 4 is 65.0 Å². The Kier molecular flexibility index (Phi) is 5.02. The summed E-state index contributed by atoms with van der Waals surface area (Å²) in [6.07, 6.45) is 0. The van der Waals surface area contributed by atoms with Gasteiger partial charge in [0.25, 0.3) is 0 Å². The Hall–Kier alpha value is -4.58. The van der Waals surface area contributed by atoms with Crippen LogP contribution in [-0.2, 0) is 0 Å². The van der Waals surface area contributed by atoms with E-state index in [0.29, 0.717) is 17.5 Å². The summed E-state index contributed by atoms with van der Waals surface area (Å²) in [6.45, 7) is 0. The lowest BCUT2D eigenvalue weighted by molar-refractivity contribution is 0.669. The summed E-state index contributed by atoms with van der Waals surface area (Å²) in [5, 5.41) is 5.19. The van der Waals surface area contributed by atoms with Crippen LogP contribution in [0, 0.1) is 0 Å². The van der Waals surface area contributed by atoms with Gasteiger partial charge in [0.2, 0.25) is 0 Å². The number of nitrogens with zero attached hydrogens (tertiary/aromatic N) is 3.